The number of halogens is 1. The minimum Gasteiger partial charge on any atom is -0.224 e. The Morgan fingerprint density at radius 2 is 1.80 bits per heavy atom. The maximum absolute atomic E-state index is 12.2. The highest BCUT2D eigenvalue weighted by Crippen LogP contribution is 2.38. The van der Waals surface area contributed by atoms with E-state index in [2.05, 4.69) is 0 Å². The molecular formula is C16H15ClO2S. The van der Waals surface area contributed by atoms with Gasteiger partial charge in [-0.2, -0.15) is 0 Å². The van der Waals surface area contributed by atoms with Crippen molar-refractivity contribution in [2.75, 3.05) is 5.75 Å². The molecule has 0 radical (unpaired) electrons. The minimum absolute atomic E-state index is 0.130. The van der Waals surface area contributed by atoms with E-state index in [1.165, 1.54) is 0 Å². The second kappa shape index (κ2) is 4.90. The molecule has 1 aliphatic heterocycles. The van der Waals surface area contributed by atoms with Crippen molar-refractivity contribution in [2.45, 2.75) is 24.2 Å². The summed E-state index contributed by atoms with van der Waals surface area (Å²) >= 11 is 5.93. The fourth-order valence-corrected chi connectivity index (χ4v) is 4.53. The molecule has 0 saturated heterocycles. The summed E-state index contributed by atoms with van der Waals surface area (Å²) in [5.74, 6) is 0.335. The summed E-state index contributed by atoms with van der Waals surface area (Å²) in [6.45, 7) is 1.99. The fourth-order valence-electron chi connectivity index (χ4n) is 2.80. The second-order valence-corrected chi connectivity index (χ2v) is 7.77. The highest BCUT2D eigenvalue weighted by Gasteiger charge is 2.31. The molecule has 2 aromatic carbocycles. The molecule has 4 heteroatoms. The lowest BCUT2D eigenvalue weighted by molar-refractivity contribution is 0.579. The van der Waals surface area contributed by atoms with Gasteiger partial charge in [0.25, 0.3) is 0 Å². The van der Waals surface area contributed by atoms with Crippen LogP contribution in [0.4, 0.5) is 0 Å². The summed E-state index contributed by atoms with van der Waals surface area (Å²) in [6, 6.07) is 13.3. The van der Waals surface area contributed by atoms with E-state index in [1.807, 2.05) is 43.3 Å². The van der Waals surface area contributed by atoms with Crippen molar-refractivity contribution in [1.29, 1.82) is 0 Å². The number of sulfone groups is 1. The molecule has 1 atom stereocenters. The van der Waals surface area contributed by atoms with Gasteiger partial charge in [-0.1, -0.05) is 41.4 Å². The van der Waals surface area contributed by atoms with Gasteiger partial charge >= 0.3 is 0 Å². The summed E-state index contributed by atoms with van der Waals surface area (Å²) in [5.41, 5.74) is 3.12. The monoisotopic (exact) mass is 306 g/mol. The van der Waals surface area contributed by atoms with Crippen LogP contribution in [-0.2, 0) is 9.84 Å². The molecule has 2 aromatic rings. The molecule has 0 aliphatic carbocycles. The number of hydrogen-bond donors (Lipinski definition) is 0. The van der Waals surface area contributed by atoms with Crippen LogP contribution in [-0.4, -0.2) is 14.2 Å². The topological polar surface area (TPSA) is 34.1 Å². The summed E-state index contributed by atoms with van der Waals surface area (Å²) in [4.78, 5) is 0.481. The van der Waals surface area contributed by atoms with E-state index < -0.39 is 9.84 Å². The Kier molecular flexibility index (Phi) is 3.35. The second-order valence-electron chi connectivity index (χ2n) is 5.25. The molecule has 0 aromatic heterocycles. The zero-order chi connectivity index (χ0) is 14.3. The molecule has 104 valence electrons. The van der Waals surface area contributed by atoms with E-state index >= 15 is 0 Å². The van der Waals surface area contributed by atoms with Gasteiger partial charge in [0.2, 0.25) is 0 Å². The number of aryl methyl sites for hydroxylation is 1. The van der Waals surface area contributed by atoms with Gasteiger partial charge in [0.15, 0.2) is 9.84 Å². The van der Waals surface area contributed by atoms with Gasteiger partial charge in [-0.05, 0) is 42.7 Å². The van der Waals surface area contributed by atoms with E-state index in [0.29, 0.717) is 16.3 Å². The lowest BCUT2D eigenvalue weighted by Crippen LogP contribution is -2.21. The lowest BCUT2D eigenvalue weighted by Gasteiger charge is -2.26. The van der Waals surface area contributed by atoms with E-state index in [1.54, 1.807) is 6.07 Å². The van der Waals surface area contributed by atoms with Crippen molar-refractivity contribution in [3.63, 3.8) is 0 Å². The zero-order valence-electron chi connectivity index (χ0n) is 11.1. The predicted molar refractivity (Wildman–Crippen MR) is 81.1 cm³/mol. The van der Waals surface area contributed by atoms with Crippen LogP contribution in [0.5, 0.6) is 0 Å². The van der Waals surface area contributed by atoms with Gasteiger partial charge in [-0.25, -0.2) is 8.42 Å². The average Bonchev–Trinajstić information content (AvgIpc) is 2.40. The summed E-state index contributed by atoms with van der Waals surface area (Å²) < 4.78 is 24.4. The first-order valence-corrected chi connectivity index (χ1v) is 8.59. The van der Waals surface area contributed by atoms with Crippen molar-refractivity contribution < 1.29 is 8.42 Å². The van der Waals surface area contributed by atoms with Crippen molar-refractivity contribution in [1.82, 2.24) is 0 Å². The van der Waals surface area contributed by atoms with E-state index in [4.69, 9.17) is 11.6 Å². The van der Waals surface area contributed by atoms with Crippen LogP contribution in [0.3, 0.4) is 0 Å². The standard InChI is InChI=1S/C16H15ClO2S/c1-11-2-7-16-15(10-11)14(8-9-20(16,18)19)12-3-5-13(17)6-4-12/h2-7,10,14H,8-9H2,1H3. The van der Waals surface area contributed by atoms with Gasteiger partial charge in [0, 0.05) is 10.9 Å². The summed E-state index contributed by atoms with van der Waals surface area (Å²) in [7, 11) is -3.13. The molecule has 1 unspecified atom stereocenters. The van der Waals surface area contributed by atoms with Crippen molar-refractivity contribution in [2.24, 2.45) is 0 Å². The third-order valence-electron chi connectivity index (χ3n) is 3.82. The normalized spacial score (nSPS) is 20.4. The van der Waals surface area contributed by atoms with Crippen LogP contribution >= 0.6 is 11.6 Å². The smallest absolute Gasteiger partial charge is 0.178 e. The molecule has 20 heavy (non-hydrogen) atoms. The van der Waals surface area contributed by atoms with Crippen LogP contribution in [0.15, 0.2) is 47.4 Å². The maximum Gasteiger partial charge on any atom is 0.178 e. The zero-order valence-corrected chi connectivity index (χ0v) is 12.7. The Hall–Kier alpha value is -1.32. The molecule has 1 heterocycles. The fraction of sp³-hybridized carbons (Fsp3) is 0.250. The molecule has 3 rings (SSSR count). The number of fused-ring (bicyclic) bond motifs is 1. The van der Waals surface area contributed by atoms with Crippen LogP contribution in [0.25, 0.3) is 0 Å². The van der Waals surface area contributed by atoms with Gasteiger partial charge in [0.05, 0.1) is 10.6 Å². The number of hydrogen-bond acceptors (Lipinski definition) is 2. The first kappa shape index (κ1) is 13.7. The van der Waals surface area contributed by atoms with Gasteiger partial charge in [-0.3, -0.25) is 0 Å². The molecule has 0 spiro atoms. The minimum atomic E-state index is -3.13. The Morgan fingerprint density at radius 3 is 2.50 bits per heavy atom. The quantitative estimate of drug-likeness (QED) is 0.799. The molecular weight excluding hydrogens is 292 g/mol. The third-order valence-corrected chi connectivity index (χ3v) is 5.89. The SMILES string of the molecule is Cc1ccc2c(c1)C(c1ccc(Cl)cc1)CCS2(=O)=O. The van der Waals surface area contributed by atoms with Crippen molar-refractivity contribution in [3.05, 3.63) is 64.2 Å². The van der Waals surface area contributed by atoms with Crippen LogP contribution in [0.1, 0.15) is 29.0 Å². The van der Waals surface area contributed by atoms with Gasteiger partial charge in [0.1, 0.15) is 0 Å². The molecule has 0 saturated carbocycles. The Balaban J connectivity index is 2.16. The van der Waals surface area contributed by atoms with E-state index in [9.17, 15) is 8.42 Å². The van der Waals surface area contributed by atoms with Crippen LogP contribution < -0.4 is 0 Å². The third kappa shape index (κ3) is 2.36. The van der Waals surface area contributed by atoms with Gasteiger partial charge < -0.3 is 0 Å². The van der Waals surface area contributed by atoms with Crippen LogP contribution in [0.2, 0.25) is 5.02 Å². The average molecular weight is 307 g/mol. The first-order chi connectivity index (χ1) is 9.47. The summed E-state index contributed by atoms with van der Waals surface area (Å²) in [5, 5.41) is 0.696. The Labute approximate surface area is 124 Å². The first-order valence-electron chi connectivity index (χ1n) is 6.56. The molecule has 0 N–H and O–H groups in total. The maximum atomic E-state index is 12.2. The van der Waals surface area contributed by atoms with Gasteiger partial charge in [-0.15, -0.1) is 0 Å². The Bertz CT molecular complexity index is 749. The van der Waals surface area contributed by atoms with E-state index in [0.717, 1.165) is 16.7 Å². The van der Waals surface area contributed by atoms with E-state index in [-0.39, 0.29) is 11.7 Å². The number of rotatable bonds is 1. The largest absolute Gasteiger partial charge is 0.224 e. The van der Waals surface area contributed by atoms with Crippen molar-refractivity contribution in [3.8, 4) is 0 Å². The Morgan fingerprint density at radius 1 is 1.10 bits per heavy atom. The molecule has 0 bridgehead atoms. The lowest BCUT2D eigenvalue weighted by atomic mass is 9.88. The molecule has 2 nitrogen and oxygen atoms in total. The highest BCUT2D eigenvalue weighted by molar-refractivity contribution is 7.91. The highest BCUT2D eigenvalue weighted by atomic mass is 35.5. The molecule has 0 fully saturated rings. The van der Waals surface area contributed by atoms with Crippen LogP contribution in [0, 0.1) is 6.92 Å². The molecule has 1 aliphatic rings. The van der Waals surface area contributed by atoms with Crippen molar-refractivity contribution >= 4 is 21.4 Å². The summed E-state index contributed by atoms with van der Waals surface area (Å²) in [6.07, 6.45) is 0.625. The number of benzene rings is 2. The molecule has 0 amide bonds. The predicted octanol–water partition coefficient (Wildman–Crippen LogP) is 3.96.